The maximum atomic E-state index is 14.9. The minimum Gasteiger partial charge on any atom is -0.369 e. The van der Waals surface area contributed by atoms with Crippen molar-refractivity contribution in [3.05, 3.63) is 59.2 Å². The third-order valence-corrected chi connectivity index (χ3v) is 8.57. The second-order valence-electron chi connectivity index (χ2n) is 8.03. The van der Waals surface area contributed by atoms with E-state index in [9.17, 15) is 13.4 Å². The number of nitriles is 1. The van der Waals surface area contributed by atoms with E-state index in [0.29, 0.717) is 24.3 Å². The van der Waals surface area contributed by atoms with Crippen LogP contribution in [0.15, 0.2) is 41.5 Å². The molecule has 2 aromatic rings. The van der Waals surface area contributed by atoms with Gasteiger partial charge in [-0.2, -0.15) is 5.26 Å². The van der Waals surface area contributed by atoms with Gasteiger partial charge < -0.3 is 11.1 Å². The number of aliphatic imine (C=N–C) groups is 1. The topological polar surface area (TPSA) is 136 Å². The molecule has 4 rings (SSSR count). The first-order valence-electron chi connectivity index (χ1n) is 10.2. The van der Waals surface area contributed by atoms with Crippen LogP contribution in [0.2, 0.25) is 0 Å². The van der Waals surface area contributed by atoms with Gasteiger partial charge in [-0.25, -0.2) is 19.1 Å². The van der Waals surface area contributed by atoms with Crippen LogP contribution in [0.3, 0.4) is 0 Å². The highest BCUT2D eigenvalue weighted by molar-refractivity contribution is 7.99. The van der Waals surface area contributed by atoms with Gasteiger partial charge in [0.1, 0.15) is 23.1 Å². The molecule has 1 aromatic heterocycles. The number of carbonyl (C=O) groups excluding carboxylic acids is 1. The van der Waals surface area contributed by atoms with Gasteiger partial charge in [0.25, 0.3) is 5.91 Å². The molecule has 0 saturated carbocycles. The predicted molar refractivity (Wildman–Crippen MR) is 121 cm³/mol. The van der Waals surface area contributed by atoms with Gasteiger partial charge in [-0.05, 0) is 50.1 Å². The lowest BCUT2D eigenvalue weighted by molar-refractivity contribution is 0.102. The second kappa shape index (κ2) is 8.29. The molecule has 32 heavy (non-hydrogen) atoms. The summed E-state index contributed by atoms with van der Waals surface area (Å²) in [4.78, 5) is 21.0. The lowest BCUT2D eigenvalue weighted by Crippen LogP contribution is -2.60. The van der Waals surface area contributed by atoms with Gasteiger partial charge in [-0.15, -0.1) is 0 Å². The number of halogens is 1. The Bertz CT molecular complexity index is 1180. The van der Waals surface area contributed by atoms with Crippen molar-refractivity contribution >= 4 is 27.9 Å². The normalized spacial score (nSPS) is 23.2. The zero-order chi connectivity index (χ0) is 22.9. The van der Waals surface area contributed by atoms with Gasteiger partial charge in [0.2, 0.25) is 5.96 Å². The predicted octanol–water partition coefficient (Wildman–Crippen LogP) is 1.42. The molecule has 0 bridgehead atoms. The van der Waals surface area contributed by atoms with E-state index in [4.69, 9.17) is 11.0 Å². The van der Waals surface area contributed by atoms with E-state index in [1.807, 2.05) is 6.07 Å². The quantitative estimate of drug-likeness (QED) is 0.517. The number of nitrogens with one attached hydrogen (secondary N) is 2. The van der Waals surface area contributed by atoms with Crippen molar-refractivity contribution in [3.8, 4) is 6.07 Å². The first kappa shape index (κ1) is 21.9. The molecular weight excluding hydrogens is 433 g/mol. The minimum atomic E-state index is -3.09. The molecule has 0 unspecified atom stereocenters. The van der Waals surface area contributed by atoms with E-state index >= 15 is 0 Å². The monoisotopic (exact) mass is 457 g/mol. The number of thiol groups is 1. The number of guanidine groups is 1. The van der Waals surface area contributed by atoms with Crippen LogP contribution in [0.5, 0.6) is 0 Å². The number of aromatic nitrogens is 1. The van der Waals surface area contributed by atoms with E-state index < -0.39 is 27.6 Å². The van der Waals surface area contributed by atoms with E-state index in [-0.39, 0.29) is 23.0 Å². The lowest BCUT2D eigenvalue weighted by Gasteiger charge is -2.45. The van der Waals surface area contributed by atoms with Crippen LogP contribution in [0.25, 0.3) is 0 Å². The molecule has 9 nitrogen and oxygen atoms in total. The van der Waals surface area contributed by atoms with Crippen molar-refractivity contribution in [2.75, 3.05) is 24.2 Å². The van der Waals surface area contributed by atoms with E-state index in [0.717, 1.165) is 12.8 Å². The van der Waals surface area contributed by atoms with Gasteiger partial charge in [-0.3, -0.25) is 13.3 Å². The molecule has 1 fully saturated rings. The molecule has 168 valence electrons. The zero-order valence-corrected chi connectivity index (χ0v) is 18.4. The summed E-state index contributed by atoms with van der Waals surface area (Å²) in [6, 6.07) is 9.00. The van der Waals surface area contributed by atoms with Gasteiger partial charge in [0.15, 0.2) is 0 Å². The van der Waals surface area contributed by atoms with Crippen LogP contribution >= 0.6 is 0 Å². The van der Waals surface area contributed by atoms with Crippen molar-refractivity contribution in [1.29, 1.82) is 5.26 Å². The Morgan fingerprint density at radius 3 is 2.91 bits per heavy atom. The smallest absolute Gasteiger partial charge is 0.274 e. The van der Waals surface area contributed by atoms with Crippen molar-refractivity contribution in [3.63, 3.8) is 0 Å². The van der Waals surface area contributed by atoms with E-state index in [1.165, 1.54) is 36.5 Å². The maximum Gasteiger partial charge on any atom is 0.274 e. The lowest BCUT2D eigenvalue weighted by atomic mass is 9.93. The number of hydrogen-bond acceptors (Lipinski definition) is 6. The van der Waals surface area contributed by atoms with Crippen molar-refractivity contribution in [2.24, 2.45) is 10.7 Å². The number of anilines is 1. The molecule has 2 aliphatic rings. The SMILES string of the molecule is C[C@@]1(c2cc(NC(=O)c3ccc(C#N)cn3)ccc2F)C[SH]2(=O)NCCCCN2C(N)=N1. The fourth-order valence-corrected chi connectivity index (χ4v) is 6.90. The molecule has 3 heterocycles. The average molecular weight is 458 g/mol. The van der Waals surface area contributed by atoms with E-state index in [2.05, 4.69) is 20.0 Å². The van der Waals surface area contributed by atoms with E-state index in [1.54, 1.807) is 11.2 Å². The molecule has 1 aromatic carbocycles. The Morgan fingerprint density at radius 1 is 1.38 bits per heavy atom. The van der Waals surface area contributed by atoms with Crippen molar-refractivity contribution in [2.45, 2.75) is 25.3 Å². The fourth-order valence-electron chi connectivity index (χ4n) is 4.02. The van der Waals surface area contributed by atoms with Crippen LogP contribution in [0, 0.1) is 17.1 Å². The van der Waals surface area contributed by atoms with Crippen LogP contribution in [0.1, 0.15) is 41.4 Å². The van der Waals surface area contributed by atoms with Gasteiger partial charge in [-0.1, -0.05) is 0 Å². The summed E-state index contributed by atoms with van der Waals surface area (Å²) in [5.74, 6) is -0.847. The van der Waals surface area contributed by atoms with Crippen LogP contribution in [-0.4, -0.2) is 44.2 Å². The summed E-state index contributed by atoms with van der Waals surface area (Å²) in [6.07, 6.45) is 3.00. The highest BCUT2D eigenvalue weighted by atomic mass is 32.3. The number of amides is 1. The Hall–Kier alpha value is -3.36. The Balaban J connectivity index is 1.65. The number of hydrogen-bond donors (Lipinski definition) is 4. The molecule has 0 radical (unpaired) electrons. The summed E-state index contributed by atoms with van der Waals surface area (Å²) in [6.45, 7) is 2.81. The number of rotatable bonds is 3. The van der Waals surface area contributed by atoms with Gasteiger partial charge in [0, 0.05) is 40.8 Å². The number of nitrogens with two attached hydrogens (primary N) is 1. The van der Waals surface area contributed by atoms with Crippen molar-refractivity contribution in [1.82, 2.24) is 14.0 Å². The highest BCUT2D eigenvalue weighted by Gasteiger charge is 2.43. The third-order valence-electron chi connectivity index (χ3n) is 5.62. The van der Waals surface area contributed by atoms with Gasteiger partial charge in [0.05, 0.1) is 11.3 Å². The number of benzene rings is 1. The molecule has 4 N–H and O–H groups in total. The standard InChI is InChI=1S/C21H24FN7O2S/c1-21(13-32(31)26-8-2-3-9-29(32)20(24)28-21)16-10-15(5-6-17(16)22)27-19(30)18-7-4-14(11-23)12-25-18/h4-7,10,12,32H,2-3,8-9,13H2,1H3,(H2,24,28)(H,26,31)(H,27,30)/t21-/m0/s1. The molecule has 1 amide bonds. The molecule has 1 saturated heterocycles. The number of pyridine rings is 1. The number of fused-ring (bicyclic) bond motifs is 1. The first-order valence-corrected chi connectivity index (χ1v) is 12.0. The second-order valence-corrected chi connectivity index (χ2v) is 10.6. The molecule has 1 atom stereocenters. The van der Waals surface area contributed by atoms with Crippen LogP contribution in [-0.2, 0) is 15.8 Å². The van der Waals surface area contributed by atoms with Crippen molar-refractivity contribution < 1.29 is 13.4 Å². The first-order chi connectivity index (χ1) is 15.2. The summed E-state index contributed by atoms with van der Waals surface area (Å²) >= 11 is 0. The summed E-state index contributed by atoms with van der Waals surface area (Å²) in [7, 11) is -3.09. The van der Waals surface area contributed by atoms with Crippen LogP contribution < -0.4 is 15.8 Å². The van der Waals surface area contributed by atoms with Gasteiger partial charge >= 0.3 is 0 Å². The largest absolute Gasteiger partial charge is 0.369 e. The Kier molecular flexibility index (Phi) is 5.66. The molecule has 11 heteroatoms. The summed E-state index contributed by atoms with van der Waals surface area (Å²) < 4.78 is 33.3. The fraction of sp³-hybridized carbons (Fsp3) is 0.333. The zero-order valence-electron chi connectivity index (χ0n) is 17.5. The van der Waals surface area contributed by atoms with Crippen LogP contribution in [0.4, 0.5) is 10.1 Å². The third kappa shape index (κ3) is 4.06. The minimum absolute atomic E-state index is 0.0756. The summed E-state index contributed by atoms with van der Waals surface area (Å²) in [5.41, 5.74) is 5.96. The molecular formula is C21H24FN7O2S. The average Bonchev–Trinajstić information content (AvgIpc) is 2.96. The maximum absolute atomic E-state index is 14.9. The number of nitrogens with zero attached hydrogens (tertiary/aromatic N) is 4. The molecule has 0 spiro atoms. The summed E-state index contributed by atoms with van der Waals surface area (Å²) in [5, 5.41) is 11.5. The highest BCUT2D eigenvalue weighted by Crippen LogP contribution is 2.37. The molecule has 0 aliphatic carbocycles. The molecule has 2 aliphatic heterocycles. The Labute approximate surface area is 186 Å². The Morgan fingerprint density at radius 2 is 2.19 bits per heavy atom. The number of carbonyl (C=O) groups is 1.